The van der Waals surface area contributed by atoms with Crippen LogP contribution in [-0.4, -0.2) is 42.3 Å². The lowest BCUT2D eigenvalue weighted by molar-refractivity contribution is -0.375. The summed E-state index contributed by atoms with van der Waals surface area (Å²) >= 11 is 0. The maximum Gasteiger partial charge on any atom is 0.305 e. The molecule has 0 N–H and O–H groups in total. The highest BCUT2D eigenvalue weighted by molar-refractivity contribution is 5.84. The van der Waals surface area contributed by atoms with Gasteiger partial charge in [0.05, 0.1) is 6.61 Å². The Morgan fingerprint density at radius 1 is 1.39 bits per heavy atom. The highest BCUT2D eigenvalue weighted by Crippen LogP contribution is 2.23. The minimum Gasteiger partial charge on any atom is -0.466 e. The zero-order valence-electron chi connectivity index (χ0n) is 10.3. The van der Waals surface area contributed by atoms with Crippen LogP contribution < -0.4 is 0 Å². The number of ether oxygens (including phenoxy) is 1. The van der Waals surface area contributed by atoms with Crippen LogP contribution in [0.2, 0.25) is 0 Å². The van der Waals surface area contributed by atoms with Crippen molar-refractivity contribution in [3.05, 3.63) is 12.2 Å². The second-order valence-electron chi connectivity index (χ2n) is 4.18. The van der Waals surface area contributed by atoms with Gasteiger partial charge in [0.1, 0.15) is 0 Å². The van der Waals surface area contributed by atoms with Crippen LogP contribution in [0.5, 0.6) is 0 Å². The minimum atomic E-state index is -0.611. The Morgan fingerprint density at radius 2 is 2.22 bits per heavy atom. The average molecular weight is 255 g/mol. The molecule has 0 saturated carbocycles. The molecule has 1 saturated heterocycles. The van der Waals surface area contributed by atoms with Gasteiger partial charge in [-0.25, -0.2) is 9.78 Å². The number of amides is 1. The Labute approximate surface area is 105 Å². The molecule has 3 rings (SSSR count). The van der Waals surface area contributed by atoms with Gasteiger partial charge in [-0.05, 0) is 31.9 Å². The van der Waals surface area contributed by atoms with Crippen LogP contribution in [0.15, 0.2) is 12.2 Å². The maximum absolute atomic E-state index is 11.8. The molecule has 3 aliphatic heterocycles. The molecule has 3 aliphatic rings. The molecule has 0 aromatic carbocycles. The highest BCUT2D eigenvalue weighted by Gasteiger charge is 2.38. The third-order valence-corrected chi connectivity index (χ3v) is 2.88. The summed E-state index contributed by atoms with van der Waals surface area (Å²) in [5.41, 5.74) is 0. The molecule has 0 aliphatic carbocycles. The summed E-state index contributed by atoms with van der Waals surface area (Å²) in [6.07, 6.45) is 4.30. The third-order valence-electron chi connectivity index (χ3n) is 2.88. The predicted octanol–water partition coefficient (Wildman–Crippen LogP) is 0.775. The fraction of sp³-hybridized carbons (Fsp3) is 0.667. The quantitative estimate of drug-likeness (QED) is 0.303. The van der Waals surface area contributed by atoms with Gasteiger partial charge in [0.15, 0.2) is 12.3 Å². The number of fused-ring (bicyclic) bond motifs is 2. The van der Waals surface area contributed by atoms with E-state index in [9.17, 15) is 9.59 Å². The van der Waals surface area contributed by atoms with Crippen molar-refractivity contribution in [3.63, 3.8) is 0 Å². The molecule has 2 atom stereocenters. The summed E-state index contributed by atoms with van der Waals surface area (Å²) < 4.78 is 4.83. The number of hydrogen-bond acceptors (Lipinski definition) is 5. The van der Waals surface area contributed by atoms with Crippen molar-refractivity contribution in [2.24, 2.45) is 0 Å². The van der Waals surface area contributed by atoms with E-state index in [1.807, 2.05) is 0 Å². The zero-order chi connectivity index (χ0) is 13.0. The molecule has 0 aromatic heterocycles. The summed E-state index contributed by atoms with van der Waals surface area (Å²) in [6, 6.07) is 0. The Hall–Kier alpha value is -1.40. The van der Waals surface area contributed by atoms with Gasteiger partial charge in [0.25, 0.3) is 5.91 Å². The Bertz CT molecular complexity index is 354. The molecule has 0 radical (unpaired) electrons. The zero-order valence-corrected chi connectivity index (χ0v) is 10.3. The maximum atomic E-state index is 11.8. The Kier molecular flexibility index (Phi) is 4.33. The fourth-order valence-corrected chi connectivity index (χ4v) is 1.97. The van der Waals surface area contributed by atoms with Crippen LogP contribution in [0.3, 0.4) is 0 Å². The molecular formula is C12H17NO5. The second kappa shape index (κ2) is 5.97. The number of carbonyl (C=O) groups is 2. The number of esters is 1. The summed E-state index contributed by atoms with van der Waals surface area (Å²) in [4.78, 5) is 34.4. The van der Waals surface area contributed by atoms with Crippen LogP contribution in [-0.2, 0) is 24.1 Å². The smallest absolute Gasteiger partial charge is 0.305 e. The summed E-state index contributed by atoms with van der Waals surface area (Å²) in [6.45, 7) is 2.75. The van der Waals surface area contributed by atoms with E-state index < -0.39 is 12.3 Å². The van der Waals surface area contributed by atoms with Gasteiger partial charge >= 0.3 is 5.97 Å². The number of hydrogen-bond donors (Lipinski definition) is 0. The molecule has 3 heterocycles. The molecule has 18 heavy (non-hydrogen) atoms. The lowest BCUT2D eigenvalue weighted by Crippen LogP contribution is -2.54. The highest BCUT2D eigenvalue weighted by atomic mass is 17.2. The monoisotopic (exact) mass is 255 g/mol. The average Bonchev–Trinajstić information content (AvgIpc) is 2.38. The standard InChI is InChI=1S/C12H17NO5/c1-2-16-11(14)5-3-4-8-13-10-7-6-9(12(13)15)17-18-10/h6-7,9-10H,2-5,8H2,1H3. The molecule has 0 spiro atoms. The molecule has 1 amide bonds. The van der Waals surface area contributed by atoms with E-state index in [-0.39, 0.29) is 11.9 Å². The van der Waals surface area contributed by atoms with Gasteiger partial charge < -0.3 is 9.64 Å². The molecular weight excluding hydrogens is 238 g/mol. The van der Waals surface area contributed by atoms with Crippen molar-refractivity contribution >= 4 is 11.9 Å². The first-order valence-corrected chi connectivity index (χ1v) is 6.19. The van der Waals surface area contributed by atoms with Crippen molar-refractivity contribution in [1.29, 1.82) is 0 Å². The largest absolute Gasteiger partial charge is 0.466 e. The molecule has 2 unspecified atom stereocenters. The van der Waals surface area contributed by atoms with Crippen molar-refractivity contribution < 1.29 is 24.1 Å². The molecule has 2 bridgehead atoms. The van der Waals surface area contributed by atoms with Crippen LogP contribution in [0, 0.1) is 0 Å². The predicted molar refractivity (Wildman–Crippen MR) is 61.1 cm³/mol. The van der Waals surface area contributed by atoms with E-state index in [1.165, 1.54) is 0 Å². The van der Waals surface area contributed by atoms with Gasteiger partial charge in [-0.1, -0.05) is 0 Å². The van der Waals surface area contributed by atoms with E-state index in [2.05, 4.69) is 0 Å². The van der Waals surface area contributed by atoms with E-state index in [0.29, 0.717) is 26.0 Å². The van der Waals surface area contributed by atoms with E-state index in [0.717, 1.165) is 6.42 Å². The van der Waals surface area contributed by atoms with Crippen molar-refractivity contribution in [3.8, 4) is 0 Å². The van der Waals surface area contributed by atoms with E-state index >= 15 is 0 Å². The van der Waals surface area contributed by atoms with E-state index in [4.69, 9.17) is 14.5 Å². The first-order chi connectivity index (χ1) is 8.72. The Morgan fingerprint density at radius 3 is 2.83 bits per heavy atom. The Balaban J connectivity index is 1.70. The summed E-state index contributed by atoms with van der Waals surface area (Å²) in [7, 11) is 0. The summed E-state index contributed by atoms with van der Waals surface area (Å²) in [5.74, 6) is -0.270. The lowest BCUT2D eigenvalue weighted by atomic mass is 10.1. The van der Waals surface area contributed by atoms with E-state index in [1.54, 1.807) is 24.0 Å². The van der Waals surface area contributed by atoms with Gasteiger partial charge in [-0.3, -0.25) is 9.59 Å². The van der Waals surface area contributed by atoms with Crippen molar-refractivity contribution in [1.82, 2.24) is 4.90 Å². The second-order valence-corrected chi connectivity index (χ2v) is 4.18. The third kappa shape index (κ3) is 2.88. The molecule has 6 nitrogen and oxygen atoms in total. The van der Waals surface area contributed by atoms with Gasteiger partial charge in [-0.15, -0.1) is 0 Å². The topological polar surface area (TPSA) is 65.1 Å². The SMILES string of the molecule is CCOC(=O)CCCCN1C(=O)C2C=CC1OO2. The molecule has 1 fully saturated rings. The van der Waals surface area contributed by atoms with Gasteiger partial charge in [0, 0.05) is 13.0 Å². The van der Waals surface area contributed by atoms with Crippen LogP contribution in [0.25, 0.3) is 0 Å². The number of rotatable bonds is 6. The number of carbonyl (C=O) groups excluding carboxylic acids is 2. The molecule has 0 aromatic rings. The number of unbranched alkanes of at least 4 members (excludes halogenated alkanes) is 1. The lowest BCUT2D eigenvalue weighted by Gasteiger charge is -2.39. The van der Waals surface area contributed by atoms with Crippen molar-refractivity contribution in [2.75, 3.05) is 13.2 Å². The first kappa shape index (κ1) is 13.0. The number of nitrogens with zero attached hydrogens (tertiary/aromatic N) is 1. The normalized spacial score (nSPS) is 25.6. The first-order valence-electron chi connectivity index (χ1n) is 6.19. The summed E-state index contributed by atoms with van der Waals surface area (Å²) in [5, 5.41) is 0. The molecule has 100 valence electrons. The van der Waals surface area contributed by atoms with Crippen LogP contribution in [0.1, 0.15) is 26.2 Å². The molecule has 6 heteroatoms. The van der Waals surface area contributed by atoms with Gasteiger partial charge in [-0.2, -0.15) is 0 Å². The van der Waals surface area contributed by atoms with Crippen LogP contribution in [0.4, 0.5) is 0 Å². The van der Waals surface area contributed by atoms with Crippen molar-refractivity contribution in [2.45, 2.75) is 38.5 Å². The fourth-order valence-electron chi connectivity index (χ4n) is 1.97. The minimum absolute atomic E-state index is 0.0788. The van der Waals surface area contributed by atoms with Gasteiger partial charge in [0.2, 0.25) is 0 Å². The van der Waals surface area contributed by atoms with Crippen LogP contribution >= 0.6 is 0 Å².